The largest absolute Gasteiger partial charge is 0.389 e. The number of halogens is 1. The maximum absolute atomic E-state index is 11.2. The van der Waals surface area contributed by atoms with Crippen LogP contribution < -0.4 is 0 Å². The zero-order chi connectivity index (χ0) is 22.2. The Morgan fingerprint density at radius 1 is 1.31 bits per heavy atom. The summed E-state index contributed by atoms with van der Waals surface area (Å²) in [6.07, 6.45) is -2.64. The number of hydrogen-bond acceptors (Lipinski definition) is 9. The summed E-state index contributed by atoms with van der Waals surface area (Å²) < 4.78 is 20.1. The van der Waals surface area contributed by atoms with Crippen LogP contribution in [0.1, 0.15) is 29.6 Å². The first-order chi connectivity index (χ1) is 15.5. The Labute approximate surface area is 191 Å². The van der Waals surface area contributed by atoms with Gasteiger partial charge >= 0.3 is 0 Å². The summed E-state index contributed by atoms with van der Waals surface area (Å²) in [7, 11) is 0. The number of thiazole rings is 1. The predicted molar refractivity (Wildman–Crippen MR) is 113 cm³/mol. The lowest BCUT2D eigenvalue weighted by Gasteiger charge is -2.46. The van der Waals surface area contributed by atoms with Gasteiger partial charge in [0.1, 0.15) is 28.5 Å². The Bertz CT molecular complexity index is 1150. The number of aromatic nitrogens is 4. The molecule has 5 rings (SSSR count). The van der Waals surface area contributed by atoms with Gasteiger partial charge in [-0.1, -0.05) is 58.4 Å². The number of azide groups is 1. The van der Waals surface area contributed by atoms with Crippen LogP contribution in [0.2, 0.25) is 4.34 Å². The van der Waals surface area contributed by atoms with Crippen LogP contribution in [0.25, 0.3) is 15.6 Å². The molecule has 0 radical (unpaired) electrons. The summed E-state index contributed by atoms with van der Waals surface area (Å²) in [6, 6.07) is 8.47. The van der Waals surface area contributed by atoms with Crippen LogP contribution in [0.3, 0.4) is 0 Å². The first kappa shape index (κ1) is 21.3. The lowest BCUT2D eigenvalue weighted by Crippen LogP contribution is -2.58. The Hall–Kier alpha value is -2.57. The maximum Gasteiger partial charge on any atom is 0.213 e. The molecule has 2 saturated heterocycles. The molecule has 0 bridgehead atoms. The highest BCUT2D eigenvalue weighted by molar-refractivity contribution is 7.18. The van der Waals surface area contributed by atoms with E-state index < -0.39 is 36.7 Å². The number of hydrogen-bond donors (Lipinski definition) is 1. The molecular weight excluding hydrogens is 458 g/mol. The lowest BCUT2D eigenvalue weighted by atomic mass is 9.92. The maximum atomic E-state index is 11.2. The van der Waals surface area contributed by atoms with Crippen LogP contribution in [0.4, 0.5) is 0 Å². The van der Waals surface area contributed by atoms with Gasteiger partial charge in [-0.05, 0) is 12.5 Å². The summed E-state index contributed by atoms with van der Waals surface area (Å²) in [6.45, 7) is 1.90. The second-order valence-corrected chi connectivity index (χ2v) is 8.97. The quantitative estimate of drug-likeness (QED) is 0.346. The van der Waals surface area contributed by atoms with Crippen molar-refractivity contribution in [3.05, 3.63) is 68.5 Å². The van der Waals surface area contributed by atoms with E-state index >= 15 is 0 Å². The third-order valence-corrected chi connectivity index (χ3v) is 6.36. The van der Waals surface area contributed by atoms with Gasteiger partial charge in [0.2, 0.25) is 5.13 Å². The van der Waals surface area contributed by atoms with E-state index in [0.29, 0.717) is 21.1 Å². The van der Waals surface area contributed by atoms with Gasteiger partial charge in [0.25, 0.3) is 0 Å². The first-order valence-corrected chi connectivity index (χ1v) is 11.0. The fourth-order valence-corrected chi connectivity index (χ4v) is 4.76. The zero-order valence-electron chi connectivity index (χ0n) is 16.7. The SMILES string of the molecule is Cc1nc([C@@H]2OC3COC(c4ccccc4)O[C@@H]3[C@H](N=[N+]=[N-])C2O)n(-c2ncc(Cl)s2)n1. The highest BCUT2D eigenvalue weighted by Gasteiger charge is 2.51. The monoisotopic (exact) mass is 475 g/mol. The molecule has 13 heteroatoms. The standard InChI is InChI=1S/C19H18ClN7O4S/c1-9-23-17(27(25-9)19-22-7-12(20)32-19)16-14(28)13(24-26-21)15-11(30-16)8-29-18(31-15)10-5-3-2-4-6-10/h2-7,11,13-16,18,28H,8H2,1H3/t11?,13-,14?,15+,16-,18?/m1/s1. The fourth-order valence-electron chi connectivity index (χ4n) is 3.90. The third-order valence-electron chi connectivity index (χ3n) is 5.27. The number of ether oxygens (including phenoxy) is 3. The van der Waals surface area contributed by atoms with Crippen molar-refractivity contribution in [2.45, 2.75) is 43.7 Å². The van der Waals surface area contributed by atoms with Gasteiger partial charge in [0, 0.05) is 10.5 Å². The minimum Gasteiger partial charge on any atom is -0.389 e. The molecular formula is C19H18ClN7O4S. The molecule has 6 atom stereocenters. The molecule has 4 heterocycles. The molecule has 2 aliphatic heterocycles. The van der Waals surface area contributed by atoms with E-state index in [9.17, 15) is 5.11 Å². The van der Waals surface area contributed by atoms with Gasteiger partial charge in [0.15, 0.2) is 12.1 Å². The van der Waals surface area contributed by atoms with Gasteiger partial charge in [0.05, 0.1) is 24.9 Å². The Morgan fingerprint density at radius 3 is 2.84 bits per heavy atom. The summed E-state index contributed by atoms with van der Waals surface area (Å²) in [5, 5.41) is 19.8. The van der Waals surface area contributed by atoms with Gasteiger partial charge in [-0.3, -0.25) is 0 Å². The summed E-state index contributed by atoms with van der Waals surface area (Å²) in [5.74, 6) is 0.785. The molecule has 2 aromatic heterocycles. The molecule has 0 saturated carbocycles. The van der Waals surface area contributed by atoms with Crippen molar-refractivity contribution in [3.63, 3.8) is 0 Å². The molecule has 3 aromatic rings. The second-order valence-electron chi connectivity index (χ2n) is 7.33. The van der Waals surface area contributed by atoms with Crippen molar-refractivity contribution in [2.24, 2.45) is 5.11 Å². The highest BCUT2D eigenvalue weighted by Crippen LogP contribution is 2.40. The van der Waals surface area contributed by atoms with Crippen LogP contribution in [-0.2, 0) is 14.2 Å². The molecule has 3 unspecified atom stereocenters. The molecule has 11 nitrogen and oxygen atoms in total. The van der Waals surface area contributed by atoms with Crippen LogP contribution >= 0.6 is 22.9 Å². The topological polar surface area (TPSA) is 140 Å². The smallest absolute Gasteiger partial charge is 0.213 e. The van der Waals surface area contributed by atoms with E-state index in [2.05, 4.69) is 25.1 Å². The average Bonchev–Trinajstić information content (AvgIpc) is 3.41. The molecule has 0 spiro atoms. The Morgan fingerprint density at radius 2 is 2.12 bits per heavy atom. The summed E-state index contributed by atoms with van der Waals surface area (Å²) >= 11 is 7.24. The zero-order valence-corrected chi connectivity index (χ0v) is 18.3. The minimum absolute atomic E-state index is 0.182. The third kappa shape index (κ3) is 3.86. The summed E-state index contributed by atoms with van der Waals surface area (Å²) in [5.41, 5.74) is 9.99. The van der Waals surface area contributed by atoms with Crippen molar-refractivity contribution in [2.75, 3.05) is 6.61 Å². The number of benzene rings is 1. The Kier molecular flexibility index (Phi) is 5.82. The van der Waals surface area contributed by atoms with E-state index in [4.69, 9.17) is 31.3 Å². The second kappa shape index (κ2) is 8.75. The number of rotatable bonds is 4. The van der Waals surface area contributed by atoms with Crippen LogP contribution in [0.15, 0.2) is 41.6 Å². The van der Waals surface area contributed by atoms with Crippen molar-refractivity contribution in [1.82, 2.24) is 19.7 Å². The molecule has 32 heavy (non-hydrogen) atoms. The first-order valence-electron chi connectivity index (χ1n) is 9.80. The number of aliphatic hydroxyl groups excluding tert-OH is 1. The summed E-state index contributed by atoms with van der Waals surface area (Å²) in [4.78, 5) is 11.6. The minimum atomic E-state index is -1.24. The van der Waals surface area contributed by atoms with E-state index in [0.717, 1.165) is 5.56 Å². The van der Waals surface area contributed by atoms with E-state index in [1.165, 1.54) is 22.2 Å². The van der Waals surface area contributed by atoms with Gasteiger partial charge < -0.3 is 19.3 Å². The highest BCUT2D eigenvalue weighted by atomic mass is 35.5. The van der Waals surface area contributed by atoms with Crippen molar-refractivity contribution in [1.29, 1.82) is 0 Å². The van der Waals surface area contributed by atoms with Gasteiger partial charge in [-0.15, -0.1) is 5.10 Å². The van der Waals surface area contributed by atoms with Gasteiger partial charge in [-0.25, -0.2) is 9.97 Å². The van der Waals surface area contributed by atoms with Crippen molar-refractivity contribution in [3.8, 4) is 5.13 Å². The van der Waals surface area contributed by atoms with Crippen LogP contribution in [0.5, 0.6) is 0 Å². The molecule has 2 fully saturated rings. The number of aliphatic hydroxyl groups is 1. The Balaban J connectivity index is 1.47. The molecule has 2 aliphatic rings. The lowest BCUT2D eigenvalue weighted by molar-refractivity contribution is -0.309. The van der Waals surface area contributed by atoms with Crippen LogP contribution in [-0.4, -0.2) is 55.8 Å². The molecule has 1 N–H and O–H groups in total. The predicted octanol–water partition coefficient (Wildman–Crippen LogP) is 3.28. The number of nitrogens with zero attached hydrogens (tertiary/aromatic N) is 7. The molecule has 166 valence electrons. The molecule has 0 aliphatic carbocycles. The van der Waals surface area contributed by atoms with Crippen molar-refractivity contribution < 1.29 is 19.3 Å². The fraction of sp³-hybridized carbons (Fsp3) is 0.421. The van der Waals surface area contributed by atoms with Gasteiger partial charge in [-0.2, -0.15) is 4.68 Å². The molecule has 0 amide bonds. The van der Waals surface area contributed by atoms with E-state index in [1.807, 2.05) is 30.3 Å². The van der Waals surface area contributed by atoms with E-state index in [1.54, 1.807) is 6.92 Å². The number of fused-ring (bicyclic) bond motifs is 1. The van der Waals surface area contributed by atoms with Crippen LogP contribution in [0, 0.1) is 6.92 Å². The van der Waals surface area contributed by atoms with Crippen molar-refractivity contribution >= 4 is 22.9 Å². The normalized spacial score (nSPS) is 29.8. The number of aryl methyl sites for hydroxylation is 1. The molecule has 1 aromatic carbocycles. The van der Waals surface area contributed by atoms with E-state index in [-0.39, 0.29) is 6.61 Å². The average molecular weight is 476 g/mol.